The number of amides is 1. The minimum Gasteiger partial charge on any atom is -0.334 e. The summed E-state index contributed by atoms with van der Waals surface area (Å²) < 4.78 is 31.8. The van der Waals surface area contributed by atoms with Crippen LogP contribution in [0.25, 0.3) is 11.3 Å². The van der Waals surface area contributed by atoms with Crippen LogP contribution in [0.2, 0.25) is 0 Å². The van der Waals surface area contributed by atoms with Crippen molar-refractivity contribution in [1.29, 1.82) is 0 Å². The molecule has 0 spiro atoms. The van der Waals surface area contributed by atoms with Gasteiger partial charge in [0.05, 0.1) is 22.0 Å². The van der Waals surface area contributed by atoms with E-state index in [4.69, 9.17) is 4.98 Å². The molecule has 0 saturated heterocycles. The summed E-state index contributed by atoms with van der Waals surface area (Å²) in [5.41, 5.74) is 4.88. The topological polar surface area (TPSA) is 84.3 Å². The molecule has 7 nitrogen and oxygen atoms in total. The van der Waals surface area contributed by atoms with Crippen LogP contribution in [0, 0.1) is 0 Å². The Labute approximate surface area is 187 Å². The summed E-state index contributed by atoms with van der Waals surface area (Å²) in [6, 6.07) is 10.9. The molecule has 164 valence electrons. The Morgan fingerprint density at radius 2 is 1.75 bits per heavy atom. The number of sulfonamides is 1. The van der Waals surface area contributed by atoms with Gasteiger partial charge in [-0.15, -0.1) is 0 Å². The van der Waals surface area contributed by atoms with Gasteiger partial charge >= 0.3 is 0 Å². The van der Waals surface area contributed by atoms with Gasteiger partial charge in [-0.25, -0.2) is 13.4 Å². The minimum absolute atomic E-state index is 0.127. The molecule has 3 aromatic rings. The van der Waals surface area contributed by atoms with Crippen molar-refractivity contribution in [1.82, 2.24) is 9.55 Å². The number of benzene rings is 2. The van der Waals surface area contributed by atoms with Crippen molar-refractivity contribution in [3.05, 3.63) is 59.5 Å². The molecule has 4 heterocycles. The van der Waals surface area contributed by atoms with Crippen LogP contribution in [0.5, 0.6) is 0 Å². The normalized spacial score (nSPS) is 17.2. The summed E-state index contributed by atoms with van der Waals surface area (Å²) >= 11 is 0. The van der Waals surface area contributed by atoms with E-state index in [1.807, 2.05) is 24.4 Å². The molecule has 3 aliphatic rings. The molecule has 32 heavy (non-hydrogen) atoms. The number of para-hydroxylation sites is 1. The number of carbonyl (C=O) groups is 1. The number of fused-ring (bicyclic) bond motifs is 1. The predicted octanol–water partition coefficient (Wildman–Crippen LogP) is 3.52. The molecule has 6 rings (SSSR count). The molecule has 0 fully saturated rings. The molecule has 0 saturated carbocycles. The van der Waals surface area contributed by atoms with Gasteiger partial charge in [-0.3, -0.25) is 9.52 Å². The third kappa shape index (κ3) is 3.12. The van der Waals surface area contributed by atoms with Crippen LogP contribution in [0.4, 0.5) is 11.4 Å². The van der Waals surface area contributed by atoms with E-state index < -0.39 is 10.0 Å². The van der Waals surface area contributed by atoms with Gasteiger partial charge in [0, 0.05) is 37.7 Å². The van der Waals surface area contributed by atoms with Crippen LogP contribution < -0.4 is 9.62 Å². The quantitative estimate of drug-likeness (QED) is 0.662. The van der Waals surface area contributed by atoms with Crippen LogP contribution in [0.1, 0.15) is 36.2 Å². The molecule has 0 aliphatic carbocycles. The number of nitrogens with one attached hydrogen (secondary N) is 1. The summed E-state index contributed by atoms with van der Waals surface area (Å²) in [5, 5.41) is 0. The molecule has 0 bridgehead atoms. The van der Waals surface area contributed by atoms with Gasteiger partial charge in [-0.1, -0.05) is 18.2 Å². The van der Waals surface area contributed by atoms with Gasteiger partial charge in [0.25, 0.3) is 10.0 Å². The highest BCUT2D eigenvalue weighted by Gasteiger charge is 2.33. The SMILES string of the molecule is O=C1CCc2cc(S(=O)(=O)Nc3ccccc3-c3cn4c(n3)CCCC4)cc3c2N1CC3. The lowest BCUT2D eigenvalue weighted by Gasteiger charge is -2.25. The summed E-state index contributed by atoms with van der Waals surface area (Å²) in [5.74, 6) is 1.18. The van der Waals surface area contributed by atoms with Crippen LogP contribution >= 0.6 is 0 Å². The van der Waals surface area contributed by atoms with Crippen molar-refractivity contribution >= 4 is 27.3 Å². The maximum atomic E-state index is 13.4. The highest BCUT2D eigenvalue weighted by atomic mass is 32.2. The van der Waals surface area contributed by atoms with Gasteiger partial charge in [-0.2, -0.15) is 0 Å². The molecule has 1 aromatic heterocycles. The molecule has 1 N–H and O–H groups in total. The summed E-state index contributed by atoms with van der Waals surface area (Å²) in [6.45, 7) is 1.58. The average molecular weight is 449 g/mol. The Bertz CT molecular complexity index is 1340. The number of carbonyl (C=O) groups excluding carboxylic acids is 1. The number of rotatable bonds is 4. The van der Waals surface area contributed by atoms with Crippen molar-refractivity contribution < 1.29 is 13.2 Å². The molecular formula is C24H24N4O3S. The first-order valence-corrected chi connectivity index (χ1v) is 12.6. The average Bonchev–Trinajstić information content (AvgIpc) is 3.41. The second kappa shape index (κ2) is 7.20. The van der Waals surface area contributed by atoms with Crippen molar-refractivity contribution in [2.75, 3.05) is 16.2 Å². The van der Waals surface area contributed by atoms with E-state index in [0.29, 0.717) is 31.5 Å². The number of aryl methyl sites for hydroxylation is 3. The van der Waals surface area contributed by atoms with Crippen LogP contribution in [0.15, 0.2) is 47.5 Å². The second-order valence-corrected chi connectivity index (χ2v) is 10.4. The lowest BCUT2D eigenvalue weighted by atomic mass is 10.00. The van der Waals surface area contributed by atoms with Crippen molar-refractivity contribution in [3.8, 4) is 11.3 Å². The summed E-state index contributed by atoms with van der Waals surface area (Å²) in [6.07, 6.45) is 6.94. The first-order chi connectivity index (χ1) is 15.5. The van der Waals surface area contributed by atoms with Crippen molar-refractivity contribution in [2.45, 2.75) is 50.0 Å². The molecule has 0 atom stereocenters. The monoisotopic (exact) mass is 448 g/mol. The predicted molar refractivity (Wildman–Crippen MR) is 122 cm³/mol. The van der Waals surface area contributed by atoms with Crippen LogP contribution in [-0.2, 0) is 40.6 Å². The highest BCUT2D eigenvalue weighted by molar-refractivity contribution is 7.92. The van der Waals surface area contributed by atoms with E-state index in [1.54, 1.807) is 23.1 Å². The zero-order chi connectivity index (χ0) is 21.9. The fourth-order valence-electron chi connectivity index (χ4n) is 5.12. The maximum Gasteiger partial charge on any atom is 0.261 e. The Balaban J connectivity index is 1.37. The molecule has 8 heteroatoms. The third-order valence-electron chi connectivity index (χ3n) is 6.69. The van der Waals surface area contributed by atoms with Crippen molar-refractivity contribution in [3.63, 3.8) is 0 Å². The Morgan fingerprint density at radius 3 is 2.59 bits per heavy atom. The van der Waals surface area contributed by atoms with E-state index in [0.717, 1.165) is 59.7 Å². The molecule has 1 amide bonds. The molecule has 0 unspecified atom stereocenters. The number of anilines is 2. The second-order valence-electron chi connectivity index (χ2n) is 8.73. The maximum absolute atomic E-state index is 13.4. The standard InChI is InChI=1S/C24H24N4O3S/c29-23-9-8-16-13-18(14-17-10-12-28(23)24(16)17)32(30,31)26-20-6-2-1-5-19(20)21-15-27-11-4-3-7-22(27)25-21/h1-2,5-6,13-15,26H,3-4,7-12H2. The fraction of sp³-hybridized carbons (Fsp3) is 0.333. The van der Waals surface area contributed by atoms with Gasteiger partial charge in [0.1, 0.15) is 5.82 Å². The number of imidazole rings is 1. The first kappa shape index (κ1) is 19.5. The van der Waals surface area contributed by atoms with Gasteiger partial charge in [0.15, 0.2) is 0 Å². The lowest BCUT2D eigenvalue weighted by molar-refractivity contribution is -0.118. The Hall–Kier alpha value is -3.13. The first-order valence-electron chi connectivity index (χ1n) is 11.1. The molecule has 2 aromatic carbocycles. The van der Waals surface area contributed by atoms with Gasteiger partial charge in [-0.05, 0) is 55.0 Å². The molecule has 0 radical (unpaired) electrons. The molecular weight excluding hydrogens is 424 g/mol. The number of hydrogen-bond acceptors (Lipinski definition) is 4. The highest BCUT2D eigenvalue weighted by Crippen LogP contribution is 2.39. The number of nitrogens with zero attached hydrogens (tertiary/aromatic N) is 3. The smallest absolute Gasteiger partial charge is 0.261 e. The summed E-state index contributed by atoms with van der Waals surface area (Å²) in [4.78, 5) is 19.0. The van der Waals surface area contributed by atoms with E-state index in [2.05, 4.69) is 9.29 Å². The Kier molecular flexibility index (Phi) is 4.40. The lowest BCUT2D eigenvalue weighted by Crippen LogP contribution is -2.33. The van der Waals surface area contributed by atoms with E-state index in [-0.39, 0.29) is 10.8 Å². The van der Waals surface area contributed by atoms with Gasteiger partial charge < -0.3 is 9.47 Å². The largest absolute Gasteiger partial charge is 0.334 e. The van der Waals surface area contributed by atoms with Crippen LogP contribution in [0.3, 0.4) is 0 Å². The van der Waals surface area contributed by atoms with E-state index >= 15 is 0 Å². The zero-order valence-corrected chi connectivity index (χ0v) is 18.5. The number of hydrogen-bond donors (Lipinski definition) is 1. The molecule has 3 aliphatic heterocycles. The van der Waals surface area contributed by atoms with E-state index in [1.165, 1.54) is 0 Å². The zero-order valence-electron chi connectivity index (χ0n) is 17.7. The van der Waals surface area contributed by atoms with Crippen LogP contribution in [-0.4, -0.2) is 30.4 Å². The van der Waals surface area contributed by atoms with E-state index in [9.17, 15) is 13.2 Å². The third-order valence-corrected chi connectivity index (χ3v) is 8.04. The van der Waals surface area contributed by atoms with Gasteiger partial charge in [0.2, 0.25) is 5.91 Å². The summed E-state index contributed by atoms with van der Waals surface area (Å²) in [7, 11) is -3.80. The van der Waals surface area contributed by atoms with Crippen molar-refractivity contribution in [2.24, 2.45) is 0 Å². The minimum atomic E-state index is -3.80. The number of aromatic nitrogens is 2. The Morgan fingerprint density at radius 1 is 0.938 bits per heavy atom. The fourth-order valence-corrected chi connectivity index (χ4v) is 6.30.